The number of alkyl halides is 3. The maximum Gasteiger partial charge on any atom is 0.419 e. The fourth-order valence-corrected chi connectivity index (χ4v) is 7.14. The molecule has 0 bridgehead atoms. The molecule has 2 aromatic carbocycles. The van der Waals surface area contributed by atoms with Crippen LogP contribution in [0.15, 0.2) is 40.7 Å². The molecular weight excluding hydrogens is 616 g/mol. The number of halogens is 4. The molecule has 2 aromatic rings. The summed E-state index contributed by atoms with van der Waals surface area (Å²) in [7, 11) is -3.92. The number of aryl methyl sites for hydroxylation is 2. The first-order valence-electron chi connectivity index (χ1n) is 14.5. The van der Waals surface area contributed by atoms with Gasteiger partial charge in [-0.05, 0) is 99.6 Å². The fraction of sp³-hybridized carbons (Fsp3) is 0.452. The molecule has 5 rings (SSSR count). The van der Waals surface area contributed by atoms with Crippen molar-refractivity contribution in [3.63, 3.8) is 0 Å². The molecule has 3 heterocycles. The van der Waals surface area contributed by atoms with E-state index in [2.05, 4.69) is 10.3 Å². The Kier molecular flexibility index (Phi) is 8.47. The van der Waals surface area contributed by atoms with Crippen LogP contribution in [0.4, 0.5) is 17.6 Å². The highest BCUT2D eigenvalue weighted by molar-refractivity contribution is 7.92. The number of piperidine rings is 2. The van der Waals surface area contributed by atoms with E-state index in [0.717, 1.165) is 11.5 Å². The zero-order valence-electron chi connectivity index (χ0n) is 25.0. The Bertz CT molecular complexity index is 1680. The maximum atomic E-state index is 13.8. The summed E-state index contributed by atoms with van der Waals surface area (Å²) < 4.78 is 81.0. The molecule has 3 aliphatic rings. The normalized spacial score (nSPS) is 20.5. The van der Waals surface area contributed by atoms with Crippen molar-refractivity contribution in [3.8, 4) is 0 Å². The number of likely N-dealkylation sites (tertiary alicyclic amines) is 1. The van der Waals surface area contributed by atoms with Crippen molar-refractivity contribution in [2.24, 2.45) is 4.99 Å². The van der Waals surface area contributed by atoms with Gasteiger partial charge in [-0.3, -0.25) is 14.6 Å². The summed E-state index contributed by atoms with van der Waals surface area (Å²) in [4.78, 5) is 32.0. The Morgan fingerprint density at radius 1 is 1.02 bits per heavy atom. The molecular formula is C31H34F4N4O5S. The minimum absolute atomic E-state index is 0.00349. The van der Waals surface area contributed by atoms with E-state index in [1.54, 1.807) is 37.8 Å². The molecule has 0 unspecified atom stereocenters. The molecule has 0 aromatic heterocycles. The molecule has 14 heteroatoms. The van der Waals surface area contributed by atoms with Crippen molar-refractivity contribution in [3.05, 3.63) is 74.9 Å². The van der Waals surface area contributed by atoms with Gasteiger partial charge >= 0.3 is 6.18 Å². The maximum absolute atomic E-state index is 13.8. The molecule has 3 aliphatic heterocycles. The van der Waals surface area contributed by atoms with Crippen LogP contribution in [0.25, 0.3) is 6.08 Å². The number of carbonyl (C=O) groups excluding carboxylic acids is 2. The fourth-order valence-electron chi connectivity index (χ4n) is 5.97. The first-order chi connectivity index (χ1) is 20.9. The number of nitrogens with one attached hydrogen (secondary N) is 1. The van der Waals surface area contributed by atoms with Gasteiger partial charge in [-0.2, -0.15) is 17.5 Å². The quantitative estimate of drug-likeness (QED) is 0.472. The van der Waals surface area contributed by atoms with Crippen molar-refractivity contribution in [1.82, 2.24) is 14.5 Å². The number of benzene rings is 2. The van der Waals surface area contributed by atoms with Crippen LogP contribution >= 0.6 is 0 Å². The van der Waals surface area contributed by atoms with Crippen LogP contribution in [-0.2, 0) is 21.0 Å². The second kappa shape index (κ2) is 11.6. The summed E-state index contributed by atoms with van der Waals surface area (Å²) in [6.45, 7) is 6.11. The van der Waals surface area contributed by atoms with Crippen LogP contribution in [0.5, 0.6) is 0 Å². The van der Waals surface area contributed by atoms with Gasteiger partial charge in [-0.15, -0.1) is 0 Å². The predicted molar refractivity (Wildman–Crippen MR) is 159 cm³/mol. The highest BCUT2D eigenvalue weighted by Gasteiger charge is 2.47. The highest BCUT2D eigenvalue weighted by atomic mass is 32.2. The second-order valence-corrected chi connectivity index (χ2v) is 14.0. The number of aliphatic hydroxyl groups is 1. The summed E-state index contributed by atoms with van der Waals surface area (Å²) in [5.41, 5.74) is -1.16. The molecule has 2 N–H and O–H groups in total. The minimum Gasteiger partial charge on any atom is -0.390 e. The van der Waals surface area contributed by atoms with E-state index in [4.69, 9.17) is 0 Å². The van der Waals surface area contributed by atoms with Crippen LogP contribution in [0.3, 0.4) is 0 Å². The molecule has 242 valence electrons. The Hall–Kier alpha value is -3.62. The number of amides is 2. The number of sulfonamides is 1. The van der Waals surface area contributed by atoms with E-state index in [9.17, 15) is 40.7 Å². The molecule has 0 atom stereocenters. The number of carbonyl (C=O) groups is 2. The second-order valence-electron chi connectivity index (χ2n) is 12.2. The lowest BCUT2D eigenvalue weighted by molar-refractivity contribution is -0.140. The lowest BCUT2D eigenvalue weighted by Crippen LogP contribution is -2.50. The molecule has 9 nitrogen and oxygen atoms in total. The average Bonchev–Trinajstić information content (AvgIpc) is 3.26. The lowest BCUT2D eigenvalue weighted by Gasteiger charge is -2.36. The van der Waals surface area contributed by atoms with E-state index in [1.165, 1.54) is 10.4 Å². The molecule has 0 aliphatic carbocycles. The minimum atomic E-state index is -4.93. The Morgan fingerprint density at radius 2 is 1.62 bits per heavy atom. The average molecular weight is 651 g/mol. The van der Waals surface area contributed by atoms with Crippen molar-refractivity contribution in [2.45, 2.75) is 63.8 Å². The van der Waals surface area contributed by atoms with Crippen LogP contribution < -0.4 is 5.32 Å². The zero-order valence-corrected chi connectivity index (χ0v) is 25.9. The zero-order chi connectivity index (χ0) is 32.9. The highest BCUT2D eigenvalue weighted by Crippen LogP contribution is 2.35. The van der Waals surface area contributed by atoms with Gasteiger partial charge in [0, 0.05) is 42.7 Å². The lowest BCUT2D eigenvalue weighted by atomic mass is 9.89. The number of aliphatic imine (C=N–C) groups is 1. The third kappa shape index (κ3) is 6.68. The van der Waals surface area contributed by atoms with Gasteiger partial charge in [0.15, 0.2) is 0 Å². The van der Waals surface area contributed by atoms with Gasteiger partial charge in [0.25, 0.3) is 11.8 Å². The first kappa shape index (κ1) is 32.8. The first-order valence-corrected chi connectivity index (χ1v) is 16.0. The van der Waals surface area contributed by atoms with E-state index >= 15 is 0 Å². The molecule has 1 spiro atoms. The number of amidine groups is 1. The Morgan fingerprint density at radius 3 is 2.20 bits per heavy atom. The third-order valence-electron chi connectivity index (χ3n) is 8.81. The van der Waals surface area contributed by atoms with Gasteiger partial charge < -0.3 is 15.3 Å². The van der Waals surface area contributed by atoms with Crippen LogP contribution in [0, 0.1) is 19.7 Å². The Labute approximate surface area is 258 Å². The topological polar surface area (TPSA) is 119 Å². The summed E-state index contributed by atoms with van der Waals surface area (Å²) in [5, 5.41) is 13.7. The van der Waals surface area contributed by atoms with E-state index in [0.29, 0.717) is 60.3 Å². The molecule has 2 amide bonds. The van der Waals surface area contributed by atoms with Gasteiger partial charge in [-0.25, -0.2) is 12.8 Å². The number of hydrogen-bond acceptors (Lipinski definition) is 6. The summed E-state index contributed by atoms with van der Waals surface area (Å²) in [6.07, 6.45) is -2.47. The van der Waals surface area contributed by atoms with Crippen molar-refractivity contribution < 1.29 is 40.7 Å². The van der Waals surface area contributed by atoms with E-state index < -0.39 is 44.6 Å². The number of nitrogens with zero attached hydrogens (tertiary/aromatic N) is 3. The summed E-state index contributed by atoms with van der Waals surface area (Å²) in [6, 6.07) is 5.77. The van der Waals surface area contributed by atoms with Gasteiger partial charge in [0.1, 0.15) is 17.2 Å². The summed E-state index contributed by atoms with van der Waals surface area (Å²) in [5.74, 6) is -2.27. The molecule has 0 saturated carbocycles. The third-order valence-corrected chi connectivity index (χ3v) is 10.4. The van der Waals surface area contributed by atoms with Gasteiger partial charge in [-0.1, -0.05) is 0 Å². The van der Waals surface area contributed by atoms with E-state index in [-0.39, 0.29) is 43.2 Å². The van der Waals surface area contributed by atoms with Crippen LogP contribution in [0.1, 0.15) is 70.8 Å². The molecule has 2 saturated heterocycles. The SMILES string of the molecule is Cc1cc(C(=O)N2CCC(C)(O)CC2)cc(C)c1C=CS(=O)(=O)N1CCC2(CC1)N=C(c1ccc(F)c(C(F)(F)F)c1)NC2=O. The standard InChI is InChI=1S/C31H34F4N4O5S/c1-19-16-22(27(40)38-11-7-29(3,42)8-12-38)17-20(2)23(19)6-15-45(43,44)39-13-9-30(10-14-39)28(41)36-26(37-30)21-4-5-25(32)24(18-21)31(33,34)35/h4-6,15-18,42H,7-14H2,1-3H3,(H,36,37,41). The number of hydrogen-bond donors (Lipinski definition) is 2. The van der Waals surface area contributed by atoms with Crippen LogP contribution in [0.2, 0.25) is 0 Å². The van der Waals surface area contributed by atoms with Crippen molar-refractivity contribution in [1.29, 1.82) is 0 Å². The van der Waals surface area contributed by atoms with Crippen molar-refractivity contribution >= 4 is 33.7 Å². The van der Waals surface area contributed by atoms with E-state index in [1.807, 2.05) is 0 Å². The largest absolute Gasteiger partial charge is 0.419 e. The smallest absolute Gasteiger partial charge is 0.390 e. The molecule has 45 heavy (non-hydrogen) atoms. The van der Waals surface area contributed by atoms with Gasteiger partial charge in [0.05, 0.1) is 11.2 Å². The monoisotopic (exact) mass is 650 g/mol. The van der Waals surface area contributed by atoms with Gasteiger partial charge in [0.2, 0.25) is 10.0 Å². The molecule has 2 fully saturated rings. The van der Waals surface area contributed by atoms with Crippen molar-refractivity contribution in [2.75, 3.05) is 26.2 Å². The molecule has 0 radical (unpaired) electrons. The number of rotatable bonds is 5. The Balaban J connectivity index is 1.27. The summed E-state index contributed by atoms with van der Waals surface area (Å²) >= 11 is 0. The predicted octanol–water partition coefficient (Wildman–Crippen LogP) is 4.16. The van der Waals surface area contributed by atoms with Crippen LogP contribution in [-0.4, -0.2) is 77.7 Å².